The van der Waals surface area contributed by atoms with E-state index in [1.807, 2.05) is 0 Å². The third kappa shape index (κ3) is 5.97. The normalized spacial score (nSPS) is 13.8. The molecule has 0 bridgehead atoms. The van der Waals surface area contributed by atoms with Crippen molar-refractivity contribution >= 4 is 29.1 Å². The van der Waals surface area contributed by atoms with E-state index in [0.29, 0.717) is 24.2 Å². The van der Waals surface area contributed by atoms with Crippen molar-refractivity contribution in [1.82, 2.24) is 4.90 Å². The molecule has 0 radical (unpaired) electrons. The summed E-state index contributed by atoms with van der Waals surface area (Å²) in [6.45, 7) is 0.327. The number of hydrogen-bond acceptors (Lipinski definition) is 4. The summed E-state index contributed by atoms with van der Waals surface area (Å²) in [4.78, 5) is 39.6. The molecule has 1 N–H and O–H groups in total. The Labute approximate surface area is 176 Å². The molecular formula is C21H20F3N3O4. The molecule has 3 amide bonds. The minimum Gasteiger partial charge on any atom is -0.406 e. The number of amides is 3. The first-order valence-corrected chi connectivity index (χ1v) is 9.44. The van der Waals surface area contributed by atoms with Gasteiger partial charge in [0.2, 0.25) is 11.8 Å². The summed E-state index contributed by atoms with van der Waals surface area (Å²) < 4.78 is 40.4. The van der Waals surface area contributed by atoms with Crippen LogP contribution in [0.15, 0.2) is 48.5 Å². The molecule has 1 aliphatic heterocycles. The van der Waals surface area contributed by atoms with Crippen molar-refractivity contribution in [3.8, 4) is 5.75 Å². The van der Waals surface area contributed by atoms with Gasteiger partial charge < -0.3 is 19.9 Å². The lowest BCUT2D eigenvalue weighted by atomic mass is 10.1. The molecule has 0 aromatic heterocycles. The van der Waals surface area contributed by atoms with E-state index in [-0.39, 0.29) is 18.1 Å². The molecule has 3 rings (SSSR count). The van der Waals surface area contributed by atoms with Crippen LogP contribution in [0.1, 0.15) is 23.2 Å². The average molecular weight is 435 g/mol. The number of anilines is 2. The molecule has 0 aliphatic carbocycles. The zero-order valence-electron chi connectivity index (χ0n) is 16.6. The summed E-state index contributed by atoms with van der Waals surface area (Å²) >= 11 is 0. The van der Waals surface area contributed by atoms with Crippen LogP contribution in [0.2, 0.25) is 0 Å². The lowest BCUT2D eigenvalue weighted by Gasteiger charge is -2.19. The highest BCUT2D eigenvalue weighted by Crippen LogP contribution is 2.24. The second-order valence-electron chi connectivity index (χ2n) is 6.98. The number of ether oxygens (including phenoxy) is 1. The molecular weight excluding hydrogens is 415 g/mol. The zero-order chi connectivity index (χ0) is 22.6. The SMILES string of the molecule is CN(CC(=O)Nc1ccc(OC(F)(F)F)cc1)C(=O)c1cccc(N2CCCC2=O)c1. The molecule has 1 fully saturated rings. The first-order valence-electron chi connectivity index (χ1n) is 9.44. The van der Waals surface area contributed by atoms with Gasteiger partial charge in [-0.2, -0.15) is 0 Å². The van der Waals surface area contributed by atoms with E-state index >= 15 is 0 Å². The molecule has 2 aromatic rings. The fourth-order valence-corrected chi connectivity index (χ4v) is 3.18. The van der Waals surface area contributed by atoms with E-state index < -0.39 is 23.9 Å². The molecule has 0 unspecified atom stereocenters. The van der Waals surface area contributed by atoms with Crippen molar-refractivity contribution in [3.63, 3.8) is 0 Å². The van der Waals surface area contributed by atoms with Gasteiger partial charge in [-0.1, -0.05) is 6.07 Å². The van der Waals surface area contributed by atoms with Crippen molar-refractivity contribution in [2.75, 3.05) is 30.4 Å². The number of halogens is 3. The van der Waals surface area contributed by atoms with Crippen LogP contribution in [0.4, 0.5) is 24.5 Å². The van der Waals surface area contributed by atoms with Crippen LogP contribution in [-0.2, 0) is 9.59 Å². The average Bonchev–Trinajstić information content (AvgIpc) is 3.13. The monoisotopic (exact) mass is 435 g/mol. The van der Waals surface area contributed by atoms with Gasteiger partial charge in [0.05, 0.1) is 6.54 Å². The van der Waals surface area contributed by atoms with Crippen molar-refractivity contribution in [2.24, 2.45) is 0 Å². The van der Waals surface area contributed by atoms with Gasteiger partial charge in [-0.25, -0.2) is 0 Å². The highest BCUT2D eigenvalue weighted by Gasteiger charge is 2.31. The van der Waals surface area contributed by atoms with E-state index in [4.69, 9.17) is 0 Å². The van der Waals surface area contributed by atoms with Gasteiger partial charge in [0.15, 0.2) is 0 Å². The van der Waals surface area contributed by atoms with Gasteiger partial charge in [0.1, 0.15) is 5.75 Å². The summed E-state index contributed by atoms with van der Waals surface area (Å²) in [5.74, 6) is -1.33. The number of carbonyl (C=O) groups excluding carboxylic acids is 3. The van der Waals surface area contributed by atoms with E-state index in [1.54, 1.807) is 29.2 Å². The maximum Gasteiger partial charge on any atom is 0.573 e. The predicted octanol–water partition coefficient (Wildman–Crippen LogP) is 3.42. The fraction of sp³-hybridized carbons (Fsp3) is 0.286. The number of carbonyl (C=O) groups is 3. The molecule has 1 aliphatic rings. The third-order valence-corrected chi connectivity index (χ3v) is 4.58. The topological polar surface area (TPSA) is 79.0 Å². The largest absolute Gasteiger partial charge is 0.573 e. The Morgan fingerprint density at radius 3 is 2.48 bits per heavy atom. The third-order valence-electron chi connectivity index (χ3n) is 4.58. The molecule has 1 heterocycles. The first-order chi connectivity index (χ1) is 14.6. The maximum absolute atomic E-state index is 12.7. The number of nitrogens with zero attached hydrogens (tertiary/aromatic N) is 2. The first kappa shape index (κ1) is 22.1. The number of hydrogen-bond donors (Lipinski definition) is 1. The van der Waals surface area contributed by atoms with Crippen LogP contribution in [0.25, 0.3) is 0 Å². The van der Waals surface area contributed by atoms with Gasteiger partial charge in [-0.3, -0.25) is 14.4 Å². The Morgan fingerprint density at radius 1 is 1.16 bits per heavy atom. The van der Waals surface area contributed by atoms with Crippen LogP contribution in [0, 0.1) is 0 Å². The molecule has 2 aromatic carbocycles. The lowest BCUT2D eigenvalue weighted by Crippen LogP contribution is -2.35. The number of likely N-dealkylation sites (N-methyl/N-ethyl adjacent to an activating group) is 1. The predicted molar refractivity (Wildman–Crippen MR) is 107 cm³/mol. The van der Waals surface area contributed by atoms with Gasteiger partial charge in [-0.05, 0) is 48.9 Å². The molecule has 164 valence electrons. The molecule has 0 atom stereocenters. The van der Waals surface area contributed by atoms with Crippen molar-refractivity contribution in [2.45, 2.75) is 19.2 Å². The number of benzene rings is 2. The minimum atomic E-state index is -4.80. The van der Waals surface area contributed by atoms with E-state index in [9.17, 15) is 27.6 Å². The quantitative estimate of drug-likeness (QED) is 0.754. The highest BCUT2D eigenvalue weighted by molar-refractivity contribution is 6.01. The van der Waals surface area contributed by atoms with Crippen LogP contribution in [0.3, 0.4) is 0 Å². The van der Waals surface area contributed by atoms with Crippen molar-refractivity contribution in [3.05, 3.63) is 54.1 Å². The van der Waals surface area contributed by atoms with E-state index in [2.05, 4.69) is 10.1 Å². The van der Waals surface area contributed by atoms with Crippen LogP contribution in [-0.4, -0.2) is 49.1 Å². The van der Waals surface area contributed by atoms with E-state index in [0.717, 1.165) is 18.6 Å². The zero-order valence-corrected chi connectivity index (χ0v) is 16.6. The molecule has 10 heteroatoms. The summed E-state index contributed by atoms with van der Waals surface area (Å²) in [7, 11) is 1.45. The molecule has 0 spiro atoms. The van der Waals surface area contributed by atoms with Gasteiger partial charge in [-0.15, -0.1) is 13.2 Å². The van der Waals surface area contributed by atoms with Crippen LogP contribution in [0.5, 0.6) is 5.75 Å². The van der Waals surface area contributed by atoms with Crippen LogP contribution < -0.4 is 15.0 Å². The second kappa shape index (κ2) is 9.07. The molecule has 0 saturated carbocycles. The Hall–Kier alpha value is -3.56. The van der Waals surface area contributed by atoms with Crippen molar-refractivity contribution in [1.29, 1.82) is 0 Å². The Morgan fingerprint density at radius 2 is 1.87 bits per heavy atom. The lowest BCUT2D eigenvalue weighted by molar-refractivity contribution is -0.274. The smallest absolute Gasteiger partial charge is 0.406 e. The number of nitrogens with one attached hydrogen (secondary N) is 1. The van der Waals surface area contributed by atoms with Crippen molar-refractivity contribution < 1.29 is 32.3 Å². The van der Waals surface area contributed by atoms with E-state index in [1.165, 1.54) is 24.1 Å². The Bertz CT molecular complexity index is 977. The summed E-state index contributed by atoms with van der Waals surface area (Å²) in [6, 6.07) is 11.3. The molecule has 31 heavy (non-hydrogen) atoms. The second-order valence-corrected chi connectivity index (χ2v) is 6.98. The minimum absolute atomic E-state index is 0.00369. The highest BCUT2D eigenvalue weighted by atomic mass is 19.4. The Kier molecular flexibility index (Phi) is 6.47. The molecule has 1 saturated heterocycles. The van der Waals surface area contributed by atoms with Gasteiger partial charge in [0.25, 0.3) is 5.91 Å². The summed E-state index contributed by atoms with van der Waals surface area (Å²) in [5, 5.41) is 2.51. The Balaban J connectivity index is 1.58. The molecule has 7 nitrogen and oxygen atoms in total. The fourth-order valence-electron chi connectivity index (χ4n) is 3.18. The summed E-state index contributed by atoms with van der Waals surface area (Å²) in [6.07, 6.45) is -3.56. The van der Waals surface area contributed by atoms with Gasteiger partial charge in [0, 0.05) is 37.0 Å². The maximum atomic E-state index is 12.7. The summed E-state index contributed by atoms with van der Waals surface area (Å²) in [5.41, 5.74) is 1.23. The number of rotatable bonds is 6. The standard InChI is InChI=1S/C21H20F3N3O4/c1-26(13-18(28)25-15-7-9-17(10-8-15)31-21(22,23)24)20(30)14-4-2-5-16(12-14)27-11-3-6-19(27)29/h2,4-5,7-10,12H,3,6,11,13H2,1H3,(H,25,28). The number of alkyl halides is 3. The van der Waals surface area contributed by atoms with Crippen LogP contribution >= 0.6 is 0 Å². The van der Waals surface area contributed by atoms with Gasteiger partial charge >= 0.3 is 6.36 Å².